The summed E-state index contributed by atoms with van der Waals surface area (Å²) in [5.74, 6) is -0.403. The number of hydrogen-bond donors (Lipinski definition) is 1. The van der Waals surface area contributed by atoms with Crippen molar-refractivity contribution in [2.24, 2.45) is 0 Å². The number of amides is 2. The van der Waals surface area contributed by atoms with Crippen LogP contribution in [0.15, 0.2) is 22.7 Å². The highest BCUT2D eigenvalue weighted by atomic mass is 79.9. The van der Waals surface area contributed by atoms with Crippen LogP contribution >= 0.6 is 15.9 Å². The quantitative estimate of drug-likeness (QED) is 0.740. The van der Waals surface area contributed by atoms with E-state index in [2.05, 4.69) is 21.2 Å². The van der Waals surface area contributed by atoms with Gasteiger partial charge < -0.3 is 0 Å². The first kappa shape index (κ1) is 10.0. The fraction of sp³-hybridized carbons (Fsp3) is 0.333. The monoisotopic (exact) mass is 279 g/mol. The number of fused-ring (bicyclic) bond motifs is 2. The van der Waals surface area contributed by atoms with Gasteiger partial charge in [0.2, 0.25) is 5.91 Å². The van der Waals surface area contributed by atoms with E-state index < -0.39 is 5.41 Å². The van der Waals surface area contributed by atoms with E-state index >= 15 is 0 Å². The Morgan fingerprint density at radius 3 is 2.62 bits per heavy atom. The predicted octanol–water partition coefficient (Wildman–Crippen LogP) is 2.14. The molecule has 1 aromatic rings. The van der Waals surface area contributed by atoms with Gasteiger partial charge in [-0.2, -0.15) is 0 Å². The molecule has 3 rings (SSSR count). The van der Waals surface area contributed by atoms with Gasteiger partial charge in [-0.1, -0.05) is 22.4 Å². The lowest BCUT2D eigenvalue weighted by Gasteiger charge is -2.43. The summed E-state index contributed by atoms with van der Waals surface area (Å²) >= 11 is 3.39. The fourth-order valence-electron chi connectivity index (χ4n) is 2.55. The number of carbonyl (C=O) groups is 2. The third kappa shape index (κ3) is 1.13. The van der Waals surface area contributed by atoms with Gasteiger partial charge in [0, 0.05) is 10.0 Å². The third-order valence-corrected chi connectivity index (χ3v) is 4.10. The van der Waals surface area contributed by atoms with Crippen molar-refractivity contribution in [3.05, 3.63) is 33.8 Å². The number of benzene rings is 1. The van der Waals surface area contributed by atoms with Crippen LogP contribution in [0.1, 0.15) is 35.2 Å². The Bertz CT molecular complexity index is 506. The van der Waals surface area contributed by atoms with Gasteiger partial charge in [0.25, 0.3) is 5.91 Å². The standard InChI is InChI=1S/C12H10BrNO2/c13-7-2-3-8-9(6-7)12(4-1-5-12)11(16)14-10(8)15/h2-3,6H,1,4-5H2,(H,14,15,16). The molecule has 0 saturated heterocycles. The van der Waals surface area contributed by atoms with Gasteiger partial charge in [0.1, 0.15) is 0 Å². The molecule has 0 aromatic heterocycles. The molecular formula is C12H10BrNO2. The van der Waals surface area contributed by atoms with Crippen molar-refractivity contribution >= 4 is 27.7 Å². The molecule has 16 heavy (non-hydrogen) atoms. The minimum absolute atomic E-state index is 0.130. The Balaban J connectivity index is 2.25. The molecule has 1 heterocycles. The van der Waals surface area contributed by atoms with Crippen molar-refractivity contribution in [1.29, 1.82) is 0 Å². The van der Waals surface area contributed by atoms with Crippen molar-refractivity contribution in [3.8, 4) is 0 Å². The molecule has 1 fully saturated rings. The Hall–Kier alpha value is -1.16. The van der Waals surface area contributed by atoms with Gasteiger partial charge in [0.05, 0.1) is 5.41 Å². The maximum Gasteiger partial charge on any atom is 0.258 e. The molecule has 0 radical (unpaired) electrons. The lowest BCUT2D eigenvalue weighted by molar-refractivity contribution is -0.129. The predicted molar refractivity (Wildman–Crippen MR) is 62.1 cm³/mol. The molecule has 1 aromatic carbocycles. The Morgan fingerprint density at radius 2 is 2.00 bits per heavy atom. The number of hydrogen-bond acceptors (Lipinski definition) is 2. The first-order valence-electron chi connectivity index (χ1n) is 5.29. The highest BCUT2D eigenvalue weighted by Crippen LogP contribution is 2.47. The molecular weight excluding hydrogens is 270 g/mol. The van der Waals surface area contributed by atoms with E-state index in [1.54, 1.807) is 6.07 Å². The summed E-state index contributed by atoms with van der Waals surface area (Å²) in [6.07, 6.45) is 2.73. The highest BCUT2D eigenvalue weighted by Gasteiger charge is 2.50. The van der Waals surface area contributed by atoms with Crippen LogP contribution in [0.2, 0.25) is 0 Å². The second kappa shape index (κ2) is 3.17. The van der Waals surface area contributed by atoms with Gasteiger partial charge >= 0.3 is 0 Å². The average Bonchev–Trinajstić information content (AvgIpc) is 2.14. The van der Waals surface area contributed by atoms with Crippen molar-refractivity contribution in [2.75, 3.05) is 0 Å². The van der Waals surface area contributed by atoms with Crippen LogP contribution in [0, 0.1) is 0 Å². The van der Waals surface area contributed by atoms with Crippen LogP contribution in [0.4, 0.5) is 0 Å². The molecule has 2 aliphatic rings. The van der Waals surface area contributed by atoms with E-state index in [0.717, 1.165) is 29.3 Å². The average molecular weight is 280 g/mol. The van der Waals surface area contributed by atoms with Gasteiger partial charge in [0.15, 0.2) is 0 Å². The molecule has 0 unspecified atom stereocenters. The van der Waals surface area contributed by atoms with Crippen LogP contribution in [-0.4, -0.2) is 11.8 Å². The maximum atomic E-state index is 11.9. The van der Waals surface area contributed by atoms with Crippen molar-refractivity contribution in [3.63, 3.8) is 0 Å². The van der Waals surface area contributed by atoms with Gasteiger partial charge in [-0.3, -0.25) is 14.9 Å². The first-order chi connectivity index (χ1) is 7.63. The van der Waals surface area contributed by atoms with E-state index in [9.17, 15) is 9.59 Å². The molecule has 0 bridgehead atoms. The number of carbonyl (C=O) groups excluding carboxylic acids is 2. The fourth-order valence-corrected chi connectivity index (χ4v) is 2.91. The Morgan fingerprint density at radius 1 is 1.25 bits per heavy atom. The molecule has 0 atom stereocenters. The summed E-state index contributed by atoms with van der Waals surface area (Å²) in [5.41, 5.74) is 1.09. The normalized spacial score (nSPS) is 21.3. The summed E-state index contributed by atoms with van der Waals surface area (Å²) in [7, 11) is 0. The van der Waals surface area contributed by atoms with Crippen LogP contribution < -0.4 is 5.32 Å². The van der Waals surface area contributed by atoms with Crippen LogP contribution in [-0.2, 0) is 10.2 Å². The maximum absolute atomic E-state index is 11.9. The van der Waals surface area contributed by atoms with E-state index in [1.165, 1.54) is 0 Å². The van der Waals surface area contributed by atoms with E-state index in [4.69, 9.17) is 0 Å². The second-order valence-electron chi connectivity index (χ2n) is 4.41. The molecule has 82 valence electrons. The molecule has 2 amide bonds. The summed E-state index contributed by atoms with van der Waals surface area (Å²) in [4.78, 5) is 23.6. The molecule has 1 spiro atoms. The van der Waals surface area contributed by atoms with Crippen molar-refractivity contribution < 1.29 is 9.59 Å². The zero-order valence-electron chi connectivity index (χ0n) is 8.55. The molecule has 3 nitrogen and oxygen atoms in total. The number of imide groups is 1. The Kier molecular flexibility index (Phi) is 1.98. The largest absolute Gasteiger partial charge is 0.292 e. The Labute approximate surface area is 101 Å². The lowest BCUT2D eigenvalue weighted by atomic mass is 9.61. The summed E-state index contributed by atoms with van der Waals surface area (Å²) in [6, 6.07) is 5.52. The summed E-state index contributed by atoms with van der Waals surface area (Å²) < 4.78 is 0.917. The zero-order chi connectivity index (χ0) is 11.3. The van der Waals surface area contributed by atoms with E-state index in [1.807, 2.05) is 12.1 Å². The summed E-state index contributed by atoms with van der Waals surface area (Å²) in [6.45, 7) is 0. The van der Waals surface area contributed by atoms with Crippen LogP contribution in [0.25, 0.3) is 0 Å². The van der Waals surface area contributed by atoms with Crippen LogP contribution in [0.3, 0.4) is 0 Å². The number of rotatable bonds is 0. The molecule has 1 aliphatic heterocycles. The molecule has 1 N–H and O–H groups in total. The van der Waals surface area contributed by atoms with Gasteiger partial charge in [-0.25, -0.2) is 0 Å². The third-order valence-electron chi connectivity index (χ3n) is 3.61. The minimum atomic E-state index is -0.437. The SMILES string of the molecule is O=C1NC(=O)C2(CCC2)c2cc(Br)ccc21. The van der Waals surface area contributed by atoms with Gasteiger partial charge in [-0.15, -0.1) is 0 Å². The minimum Gasteiger partial charge on any atom is -0.292 e. The molecule has 4 heteroatoms. The topological polar surface area (TPSA) is 46.2 Å². The molecule has 1 aliphatic carbocycles. The van der Waals surface area contributed by atoms with Gasteiger partial charge in [-0.05, 0) is 36.6 Å². The number of halogens is 1. The van der Waals surface area contributed by atoms with E-state index in [-0.39, 0.29) is 11.8 Å². The van der Waals surface area contributed by atoms with Crippen molar-refractivity contribution in [1.82, 2.24) is 5.32 Å². The second-order valence-corrected chi connectivity index (χ2v) is 5.32. The summed E-state index contributed by atoms with van der Waals surface area (Å²) in [5, 5.41) is 2.45. The highest BCUT2D eigenvalue weighted by molar-refractivity contribution is 9.10. The zero-order valence-corrected chi connectivity index (χ0v) is 10.1. The number of nitrogens with one attached hydrogen (secondary N) is 1. The van der Waals surface area contributed by atoms with Crippen LogP contribution in [0.5, 0.6) is 0 Å². The first-order valence-corrected chi connectivity index (χ1v) is 6.09. The van der Waals surface area contributed by atoms with E-state index in [0.29, 0.717) is 5.56 Å². The smallest absolute Gasteiger partial charge is 0.258 e. The van der Waals surface area contributed by atoms with Crippen molar-refractivity contribution in [2.45, 2.75) is 24.7 Å². The molecule has 1 saturated carbocycles. The lowest BCUT2D eigenvalue weighted by Crippen LogP contribution is -2.55.